The summed E-state index contributed by atoms with van der Waals surface area (Å²) in [5, 5.41) is 3.83. The zero-order valence-electron chi connectivity index (χ0n) is 13.1. The van der Waals surface area contributed by atoms with Crippen molar-refractivity contribution in [2.45, 2.75) is 38.9 Å². The first-order valence-electron chi connectivity index (χ1n) is 7.72. The lowest BCUT2D eigenvalue weighted by Crippen LogP contribution is -2.38. The molecule has 1 fully saturated rings. The van der Waals surface area contributed by atoms with E-state index in [0.29, 0.717) is 23.8 Å². The molecule has 2 heterocycles. The second kappa shape index (κ2) is 8.26. The zero-order chi connectivity index (χ0) is 15.1. The summed E-state index contributed by atoms with van der Waals surface area (Å²) in [6.45, 7) is 9.85. The van der Waals surface area contributed by atoms with Gasteiger partial charge in [-0.2, -0.15) is 26.7 Å². The van der Waals surface area contributed by atoms with Crippen LogP contribution in [0.5, 0.6) is 6.01 Å². The van der Waals surface area contributed by atoms with Crippen LogP contribution < -0.4 is 15.0 Å². The maximum atomic E-state index is 5.60. The molecule has 0 spiro atoms. The van der Waals surface area contributed by atoms with Crippen LogP contribution >= 0.6 is 11.8 Å². The highest BCUT2D eigenvalue weighted by Gasteiger charge is 2.20. The molecule has 1 aliphatic heterocycles. The van der Waals surface area contributed by atoms with Crippen LogP contribution in [0, 0.1) is 0 Å². The summed E-state index contributed by atoms with van der Waals surface area (Å²) in [5.41, 5.74) is 0. The van der Waals surface area contributed by atoms with Crippen molar-refractivity contribution in [3.05, 3.63) is 0 Å². The Labute approximate surface area is 131 Å². The summed E-state index contributed by atoms with van der Waals surface area (Å²) >= 11 is 1.99. The topological polar surface area (TPSA) is 63.2 Å². The summed E-state index contributed by atoms with van der Waals surface area (Å²) in [6.07, 6.45) is 1.97. The molecule has 0 saturated carbocycles. The van der Waals surface area contributed by atoms with E-state index in [4.69, 9.17) is 4.74 Å². The number of hydrogen-bond donors (Lipinski definition) is 1. The summed E-state index contributed by atoms with van der Waals surface area (Å²) < 4.78 is 5.60. The Bertz CT molecular complexity index is 419. The van der Waals surface area contributed by atoms with Crippen LogP contribution in [0.3, 0.4) is 0 Å². The van der Waals surface area contributed by atoms with Gasteiger partial charge in [-0.3, -0.25) is 0 Å². The maximum Gasteiger partial charge on any atom is 0.323 e. The minimum absolute atomic E-state index is 0.423. The third-order valence-electron chi connectivity index (χ3n) is 3.10. The SMILES string of the molecule is CCCNc1nc(OCCC)nc(N2CCSC(C)C2)n1. The van der Waals surface area contributed by atoms with Gasteiger partial charge in [0, 0.05) is 30.6 Å². The van der Waals surface area contributed by atoms with Crippen molar-refractivity contribution in [2.75, 3.05) is 42.2 Å². The average Bonchev–Trinajstić information content (AvgIpc) is 2.50. The molecule has 1 N–H and O–H groups in total. The Morgan fingerprint density at radius 3 is 2.86 bits per heavy atom. The van der Waals surface area contributed by atoms with Crippen LogP contribution in [0.25, 0.3) is 0 Å². The van der Waals surface area contributed by atoms with Gasteiger partial charge < -0.3 is 15.0 Å². The van der Waals surface area contributed by atoms with E-state index in [1.54, 1.807) is 0 Å². The van der Waals surface area contributed by atoms with Gasteiger partial charge in [0.05, 0.1) is 6.61 Å². The fourth-order valence-electron chi connectivity index (χ4n) is 2.06. The highest BCUT2D eigenvalue weighted by molar-refractivity contribution is 8.00. The van der Waals surface area contributed by atoms with Gasteiger partial charge in [0.1, 0.15) is 0 Å². The maximum absolute atomic E-state index is 5.60. The Balaban J connectivity index is 2.16. The van der Waals surface area contributed by atoms with Gasteiger partial charge in [0.15, 0.2) is 0 Å². The number of ether oxygens (including phenoxy) is 1. The van der Waals surface area contributed by atoms with Crippen LogP contribution in [0.2, 0.25) is 0 Å². The lowest BCUT2D eigenvalue weighted by Gasteiger charge is -2.30. The number of nitrogens with zero attached hydrogens (tertiary/aromatic N) is 4. The number of aromatic nitrogens is 3. The van der Waals surface area contributed by atoms with Crippen molar-refractivity contribution >= 4 is 23.7 Å². The first-order chi connectivity index (χ1) is 10.2. The average molecular weight is 311 g/mol. The lowest BCUT2D eigenvalue weighted by atomic mass is 10.4. The highest BCUT2D eigenvalue weighted by Crippen LogP contribution is 2.23. The monoisotopic (exact) mass is 311 g/mol. The summed E-state index contributed by atoms with van der Waals surface area (Å²) in [5.74, 6) is 2.44. The second-order valence-electron chi connectivity index (χ2n) is 5.14. The molecule has 0 radical (unpaired) electrons. The third-order valence-corrected chi connectivity index (χ3v) is 4.23. The molecule has 1 aromatic rings. The molecule has 0 bridgehead atoms. The number of nitrogens with one attached hydrogen (secondary N) is 1. The number of thioether (sulfide) groups is 1. The molecule has 0 aliphatic carbocycles. The molecule has 1 unspecified atom stereocenters. The first kappa shape index (κ1) is 16.1. The number of anilines is 2. The molecule has 6 nitrogen and oxygen atoms in total. The summed E-state index contributed by atoms with van der Waals surface area (Å²) in [4.78, 5) is 15.6. The standard InChI is InChI=1S/C14H25N5OS/c1-4-6-15-12-16-13(18-14(17-12)20-8-5-2)19-7-9-21-11(3)10-19/h11H,4-10H2,1-3H3,(H,15,16,17,18). The molecule has 118 valence electrons. The van der Waals surface area contributed by atoms with Crippen molar-refractivity contribution in [2.24, 2.45) is 0 Å². The summed E-state index contributed by atoms with van der Waals surface area (Å²) in [7, 11) is 0. The van der Waals surface area contributed by atoms with Crippen molar-refractivity contribution in [3.8, 4) is 6.01 Å². The van der Waals surface area contributed by atoms with Crippen LogP contribution in [-0.4, -0.2) is 52.2 Å². The van der Waals surface area contributed by atoms with Crippen molar-refractivity contribution in [1.29, 1.82) is 0 Å². The molecule has 1 atom stereocenters. The largest absolute Gasteiger partial charge is 0.463 e. The van der Waals surface area contributed by atoms with Crippen molar-refractivity contribution in [3.63, 3.8) is 0 Å². The van der Waals surface area contributed by atoms with Gasteiger partial charge in [0.2, 0.25) is 11.9 Å². The first-order valence-corrected chi connectivity index (χ1v) is 8.77. The third kappa shape index (κ3) is 4.91. The Morgan fingerprint density at radius 2 is 2.14 bits per heavy atom. The fourth-order valence-corrected chi connectivity index (χ4v) is 3.07. The van der Waals surface area contributed by atoms with E-state index in [0.717, 1.165) is 44.2 Å². The van der Waals surface area contributed by atoms with E-state index in [1.807, 2.05) is 11.8 Å². The predicted molar refractivity (Wildman–Crippen MR) is 88.5 cm³/mol. The predicted octanol–water partition coefficient (Wildman–Crippen LogP) is 2.42. The second-order valence-corrected chi connectivity index (χ2v) is 6.69. The molecular formula is C14H25N5OS. The van der Waals surface area contributed by atoms with Crippen molar-refractivity contribution < 1.29 is 4.74 Å². The van der Waals surface area contributed by atoms with Crippen LogP contribution in [0.4, 0.5) is 11.9 Å². The molecule has 2 rings (SSSR count). The van der Waals surface area contributed by atoms with E-state index < -0.39 is 0 Å². The molecule has 1 aromatic heterocycles. The summed E-state index contributed by atoms with van der Waals surface area (Å²) in [6, 6.07) is 0.423. The number of rotatable bonds is 7. The molecule has 0 amide bonds. The van der Waals surface area contributed by atoms with Crippen molar-refractivity contribution in [1.82, 2.24) is 15.0 Å². The Morgan fingerprint density at radius 1 is 1.29 bits per heavy atom. The number of hydrogen-bond acceptors (Lipinski definition) is 7. The fraction of sp³-hybridized carbons (Fsp3) is 0.786. The van der Waals surface area contributed by atoms with Gasteiger partial charge >= 0.3 is 6.01 Å². The zero-order valence-corrected chi connectivity index (χ0v) is 13.9. The molecule has 7 heteroatoms. The van der Waals surface area contributed by atoms with E-state index in [9.17, 15) is 0 Å². The van der Waals surface area contributed by atoms with E-state index in [1.165, 1.54) is 0 Å². The molecular weight excluding hydrogens is 286 g/mol. The quantitative estimate of drug-likeness (QED) is 0.829. The Kier molecular flexibility index (Phi) is 6.35. The van der Waals surface area contributed by atoms with Gasteiger partial charge in [-0.15, -0.1) is 0 Å². The lowest BCUT2D eigenvalue weighted by molar-refractivity contribution is 0.292. The molecule has 1 aliphatic rings. The van der Waals surface area contributed by atoms with E-state index in [2.05, 4.69) is 45.9 Å². The minimum atomic E-state index is 0.423. The van der Waals surface area contributed by atoms with Crippen LogP contribution in [0.1, 0.15) is 33.6 Å². The van der Waals surface area contributed by atoms with Gasteiger partial charge in [-0.25, -0.2) is 0 Å². The molecule has 0 aromatic carbocycles. The van der Waals surface area contributed by atoms with E-state index >= 15 is 0 Å². The van der Waals surface area contributed by atoms with Gasteiger partial charge in [0.25, 0.3) is 0 Å². The molecule has 21 heavy (non-hydrogen) atoms. The highest BCUT2D eigenvalue weighted by atomic mass is 32.2. The van der Waals surface area contributed by atoms with Crippen LogP contribution in [-0.2, 0) is 0 Å². The minimum Gasteiger partial charge on any atom is -0.463 e. The van der Waals surface area contributed by atoms with E-state index in [-0.39, 0.29) is 0 Å². The van der Waals surface area contributed by atoms with Crippen LogP contribution in [0.15, 0.2) is 0 Å². The smallest absolute Gasteiger partial charge is 0.323 e. The Hall–Kier alpha value is -1.24. The van der Waals surface area contributed by atoms with Gasteiger partial charge in [-0.1, -0.05) is 20.8 Å². The molecule has 1 saturated heterocycles. The van der Waals surface area contributed by atoms with Gasteiger partial charge in [-0.05, 0) is 12.8 Å². The normalized spacial score (nSPS) is 18.6.